The quantitative estimate of drug-likeness (QED) is 0.486. The highest BCUT2D eigenvalue weighted by molar-refractivity contribution is 6.24. The molecular weight excluding hydrogens is 352 g/mol. The fourth-order valence-electron chi connectivity index (χ4n) is 2.32. The number of carbonyl (C=O) groups excluding carboxylic acids is 1. The molecule has 25 heavy (non-hydrogen) atoms. The van der Waals surface area contributed by atoms with E-state index in [-0.39, 0.29) is 31.5 Å². The van der Waals surface area contributed by atoms with E-state index in [0.717, 1.165) is 12.1 Å². The molecule has 0 spiro atoms. The maximum Gasteiger partial charge on any atom is 0.461 e. The van der Waals surface area contributed by atoms with Crippen molar-refractivity contribution in [2.24, 2.45) is 4.99 Å². The highest BCUT2D eigenvalue weighted by atomic mass is 19.4. The van der Waals surface area contributed by atoms with E-state index in [4.69, 9.17) is 0 Å². The summed E-state index contributed by atoms with van der Waals surface area (Å²) >= 11 is 0. The molecule has 1 N–H and O–H groups in total. The Balaban J connectivity index is 2.41. The van der Waals surface area contributed by atoms with E-state index in [0.29, 0.717) is 5.56 Å². The van der Waals surface area contributed by atoms with Crippen molar-refractivity contribution >= 4 is 11.5 Å². The van der Waals surface area contributed by atoms with Gasteiger partial charge in [0.05, 0.1) is 12.1 Å². The van der Waals surface area contributed by atoms with Gasteiger partial charge in [-0.2, -0.15) is 22.0 Å². The summed E-state index contributed by atoms with van der Waals surface area (Å²) in [5.41, 5.74) is -0.939. The van der Waals surface area contributed by atoms with Gasteiger partial charge in [0.2, 0.25) is 0 Å². The lowest BCUT2D eigenvalue weighted by Crippen LogP contribution is -2.41. The Hall–Kier alpha value is -2.32. The zero-order chi connectivity index (χ0) is 18.8. The smallest absolute Gasteiger partial charge is 0.461 e. The Labute approximate surface area is 138 Å². The molecule has 0 heterocycles. The Bertz CT molecular complexity index is 719. The van der Waals surface area contributed by atoms with Gasteiger partial charge in [0.15, 0.2) is 11.5 Å². The van der Waals surface area contributed by atoms with Gasteiger partial charge in [-0.05, 0) is 30.5 Å². The van der Waals surface area contributed by atoms with Crippen molar-refractivity contribution < 1.29 is 36.2 Å². The number of nitrogens with zero attached hydrogens (tertiary/aromatic N) is 1. The summed E-state index contributed by atoms with van der Waals surface area (Å²) in [5, 5.41) is 9.47. The minimum Gasteiger partial charge on any atom is -0.505 e. The number of alkyl halides is 5. The van der Waals surface area contributed by atoms with E-state index in [2.05, 4.69) is 4.99 Å². The van der Waals surface area contributed by atoms with E-state index in [1.807, 2.05) is 0 Å². The molecule has 2 rings (SSSR count). The minimum absolute atomic E-state index is 0.0275. The zero-order valence-corrected chi connectivity index (χ0v) is 12.7. The molecule has 0 amide bonds. The molecule has 1 aromatic carbocycles. The van der Waals surface area contributed by atoms with Crippen molar-refractivity contribution in [2.45, 2.75) is 37.9 Å². The summed E-state index contributed by atoms with van der Waals surface area (Å²) in [5.74, 6) is -9.41. The number of aliphatic hydroxyl groups excluding tert-OH is 1. The summed E-state index contributed by atoms with van der Waals surface area (Å²) in [6, 6.07) is 4.98. The third kappa shape index (κ3) is 4.02. The number of halogens is 6. The molecular formula is C16H13F6NO2. The van der Waals surface area contributed by atoms with Crippen molar-refractivity contribution in [1.82, 2.24) is 0 Å². The molecule has 1 saturated carbocycles. The molecule has 1 aliphatic rings. The number of allylic oxidation sites excluding steroid dienone is 2. The molecule has 0 unspecified atom stereocenters. The van der Waals surface area contributed by atoms with Crippen LogP contribution in [0.4, 0.5) is 26.3 Å². The first kappa shape index (κ1) is 19.0. The number of Topliss-reactive ketones (excluding diaryl/α,β-unsaturated/α-hetero) is 1. The maximum absolute atomic E-state index is 13.4. The van der Waals surface area contributed by atoms with E-state index >= 15 is 0 Å². The first-order valence-electron chi connectivity index (χ1n) is 7.23. The van der Waals surface area contributed by atoms with Crippen LogP contribution in [0.5, 0.6) is 0 Å². The molecule has 0 aromatic heterocycles. The van der Waals surface area contributed by atoms with Crippen LogP contribution in [0.1, 0.15) is 24.8 Å². The number of hydrogen-bond donors (Lipinski definition) is 1. The van der Waals surface area contributed by atoms with Crippen LogP contribution in [0.25, 0.3) is 0 Å². The van der Waals surface area contributed by atoms with Gasteiger partial charge in [-0.25, -0.2) is 4.39 Å². The molecule has 0 atom stereocenters. The second-order valence-electron chi connectivity index (χ2n) is 5.46. The van der Waals surface area contributed by atoms with Crippen molar-refractivity contribution in [2.75, 3.05) is 0 Å². The number of benzene rings is 1. The first-order chi connectivity index (χ1) is 11.5. The second kappa shape index (κ2) is 6.89. The molecule has 3 nitrogen and oxygen atoms in total. The highest BCUT2D eigenvalue weighted by Crippen LogP contribution is 2.42. The topological polar surface area (TPSA) is 49.7 Å². The van der Waals surface area contributed by atoms with Crippen LogP contribution < -0.4 is 0 Å². The molecule has 0 radical (unpaired) electrons. The Morgan fingerprint density at radius 3 is 2.24 bits per heavy atom. The van der Waals surface area contributed by atoms with E-state index in [1.54, 1.807) is 0 Å². The number of aliphatic imine (C=N–C) groups is 1. The van der Waals surface area contributed by atoms with Gasteiger partial charge in [-0.15, -0.1) is 0 Å². The molecule has 9 heteroatoms. The summed E-state index contributed by atoms with van der Waals surface area (Å²) in [6.07, 6.45) is -6.11. The van der Waals surface area contributed by atoms with Gasteiger partial charge >= 0.3 is 12.1 Å². The molecule has 136 valence electrons. The third-order valence-electron chi connectivity index (χ3n) is 3.64. The molecule has 0 bridgehead atoms. The van der Waals surface area contributed by atoms with Crippen LogP contribution in [0.2, 0.25) is 0 Å². The average Bonchev–Trinajstić information content (AvgIpc) is 2.52. The number of ketones is 1. The van der Waals surface area contributed by atoms with Gasteiger partial charge in [0.25, 0.3) is 0 Å². The normalized spacial score (nSPS) is 20.1. The monoisotopic (exact) mass is 365 g/mol. The van der Waals surface area contributed by atoms with E-state index < -0.39 is 35.0 Å². The van der Waals surface area contributed by atoms with Gasteiger partial charge < -0.3 is 5.11 Å². The lowest BCUT2D eigenvalue weighted by Gasteiger charge is -2.23. The Morgan fingerprint density at radius 2 is 1.68 bits per heavy atom. The predicted octanol–water partition coefficient (Wildman–Crippen LogP) is 4.53. The second-order valence-corrected chi connectivity index (χ2v) is 5.46. The Kier molecular flexibility index (Phi) is 5.24. The summed E-state index contributed by atoms with van der Waals surface area (Å²) in [6.45, 7) is -0.155. The predicted molar refractivity (Wildman–Crippen MR) is 77.1 cm³/mol. The van der Waals surface area contributed by atoms with Crippen LogP contribution in [0.15, 0.2) is 40.6 Å². The van der Waals surface area contributed by atoms with Gasteiger partial charge in [0, 0.05) is 12.1 Å². The minimum atomic E-state index is -6.04. The number of aliphatic hydroxyl groups is 1. The molecule has 0 saturated heterocycles. The van der Waals surface area contributed by atoms with Crippen molar-refractivity contribution in [3.05, 3.63) is 47.0 Å². The summed E-state index contributed by atoms with van der Waals surface area (Å²) in [4.78, 5) is 15.7. The van der Waals surface area contributed by atoms with Crippen LogP contribution in [-0.4, -0.2) is 28.7 Å². The molecule has 1 aromatic rings. The van der Waals surface area contributed by atoms with Crippen molar-refractivity contribution in [1.29, 1.82) is 0 Å². The van der Waals surface area contributed by atoms with Gasteiger partial charge in [0.1, 0.15) is 5.82 Å². The first-order valence-corrected chi connectivity index (χ1v) is 7.23. The molecule has 1 fully saturated rings. The fourth-order valence-corrected chi connectivity index (χ4v) is 2.32. The standard InChI is InChI=1S/C16H13F6NO2/c17-10-6-4-9(5-7-10)8-23-11-2-1-3-12(24)13(11)14(25)15(18,19)16(20,21)22/h4-7,25H,1-3,8H2/b14-13+,23-11?. The third-order valence-corrected chi connectivity index (χ3v) is 3.64. The average molecular weight is 365 g/mol. The van der Waals surface area contributed by atoms with Crippen LogP contribution in [0, 0.1) is 5.82 Å². The lowest BCUT2D eigenvalue weighted by molar-refractivity contribution is -0.274. The zero-order valence-electron chi connectivity index (χ0n) is 12.7. The largest absolute Gasteiger partial charge is 0.505 e. The summed E-state index contributed by atoms with van der Waals surface area (Å²) < 4.78 is 76.9. The van der Waals surface area contributed by atoms with E-state index in [1.165, 1.54) is 12.1 Å². The number of hydrogen-bond acceptors (Lipinski definition) is 3. The number of rotatable bonds is 3. The highest BCUT2D eigenvalue weighted by Gasteiger charge is 2.62. The maximum atomic E-state index is 13.4. The fraction of sp³-hybridized carbons (Fsp3) is 0.375. The van der Waals surface area contributed by atoms with Crippen LogP contribution in [0.3, 0.4) is 0 Å². The number of carbonyl (C=O) groups is 1. The van der Waals surface area contributed by atoms with Crippen molar-refractivity contribution in [3.8, 4) is 0 Å². The molecule has 0 aliphatic heterocycles. The van der Waals surface area contributed by atoms with Crippen LogP contribution >= 0.6 is 0 Å². The van der Waals surface area contributed by atoms with Gasteiger partial charge in [-0.1, -0.05) is 12.1 Å². The molecule has 1 aliphatic carbocycles. The lowest BCUT2D eigenvalue weighted by atomic mass is 9.89. The van der Waals surface area contributed by atoms with Crippen LogP contribution in [-0.2, 0) is 11.3 Å². The Morgan fingerprint density at radius 1 is 1.08 bits per heavy atom. The van der Waals surface area contributed by atoms with E-state index in [9.17, 15) is 36.2 Å². The van der Waals surface area contributed by atoms with Gasteiger partial charge in [-0.3, -0.25) is 9.79 Å². The van der Waals surface area contributed by atoms with Crippen molar-refractivity contribution in [3.63, 3.8) is 0 Å². The summed E-state index contributed by atoms with van der Waals surface area (Å²) in [7, 11) is 0. The SMILES string of the molecule is O=C1CCCC(=NCc2ccc(F)cc2)/C1=C(\O)C(F)(F)C(F)(F)F.